The van der Waals surface area contributed by atoms with Crippen molar-refractivity contribution < 1.29 is 27.5 Å². The van der Waals surface area contributed by atoms with Gasteiger partial charge in [0.05, 0.1) is 7.11 Å². The summed E-state index contributed by atoms with van der Waals surface area (Å²) in [7, 11) is 1.09. The number of nitrogens with zero attached hydrogens (tertiary/aromatic N) is 5. The van der Waals surface area contributed by atoms with E-state index in [4.69, 9.17) is 0 Å². The molecule has 3 heterocycles. The number of anilines is 1. The van der Waals surface area contributed by atoms with E-state index in [-0.39, 0.29) is 42.3 Å². The topological polar surface area (TPSA) is 80.6 Å². The summed E-state index contributed by atoms with van der Waals surface area (Å²) in [6.45, 7) is 2.74. The van der Waals surface area contributed by atoms with Crippen LogP contribution in [0.1, 0.15) is 22.4 Å². The second-order valence-corrected chi connectivity index (χ2v) is 7.23. The number of piperazine rings is 1. The summed E-state index contributed by atoms with van der Waals surface area (Å²) in [5.41, 5.74) is -0.358. The smallest absolute Gasteiger partial charge is 0.443 e. The third kappa shape index (κ3) is 4.11. The monoisotopic (exact) mass is 417 g/mol. The minimum absolute atomic E-state index is 0.0868. The van der Waals surface area contributed by atoms with E-state index < -0.39 is 17.2 Å². The van der Waals surface area contributed by atoms with Crippen molar-refractivity contribution in [3.63, 3.8) is 0 Å². The van der Waals surface area contributed by atoms with Crippen LogP contribution in [0.3, 0.4) is 0 Å². The normalized spacial score (nSPS) is 17.7. The fourth-order valence-corrected chi connectivity index (χ4v) is 3.97. The number of carbonyl (C=O) groups excluding carboxylic acids is 2. The minimum Gasteiger partial charge on any atom is -0.464 e. The van der Waals surface area contributed by atoms with Crippen molar-refractivity contribution in [3.05, 3.63) is 29.2 Å². The van der Waals surface area contributed by atoms with Gasteiger partial charge in [0.25, 0.3) is 0 Å². The Morgan fingerprint density at radius 1 is 1.36 bits per heavy atom. The molecule has 0 N–H and O–H groups in total. The number of rotatable bonds is 4. The third-order valence-electron chi connectivity index (χ3n) is 4.32. The van der Waals surface area contributed by atoms with Crippen molar-refractivity contribution in [2.45, 2.75) is 25.7 Å². The molecule has 1 unspecified atom stereocenters. The van der Waals surface area contributed by atoms with Gasteiger partial charge in [-0.2, -0.15) is 18.3 Å². The molecule has 1 fully saturated rings. The van der Waals surface area contributed by atoms with Crippen LogP contribution in [0.5, 0.6) is 0 Å². The molecule has 2 aromatic heterocycles. The van der Waals surface area contributed by atoms with Crippen LogP contribution in [-0.4, -0.2) is 64.3 Å². The van der Waals surface area contributed by atoms with Gasteiger partial charge in [-0.25, -0.2) is 9.78 Å². The molecule has 12 heteroatoms. The van der Waals surface area contributed by atoms with Gasteiger partial charge in [-0.1, -0.05) is 11.3 Å². The van der Waals surface area contributed by atoms with Gasteiger partial charge in [0.1, 0.15) is 11.5 Å². The zero-order valence-electron chi connectivity index (χ0n) is 15.1. The van der Waals surface area contributed by atoms with Crippen molar-refractivity contribution in [1.82, 2.24) is 19.7 Å². The number of hydrogen-bond donors (Lipinski definition) is 0. The summed E-state index contributed by atoms with van der Waals surface area (Å²) in [5, 5.41) is 3.00. The molecule has 8 nitrogen and oxygen atoms in total. The van der Waals surface area contributed by atoms with Crippen molar-refractivity contribution in [1.29, 1.82) is 0 Å². The Morgan fingerprint density at radius 2 is 2.11 bits per heavy atom. The summed E-state index contributed by atoms with van der Waals surface area (Å²) in [6, 6.07) is 1.45. The van der Waals surface area contributed by atoms with Gasteiger partial charge in [0.15, 0.2) is 5.69 Å². The molecule has 0 aromatic carbocycles. The highest BCUT2D eigenvalue weighted by Crippen LogP contribution is 2.39. The van der Waals surface area contributed by atoms with E-state index in [0.29, 0.717) is 17.9 Å². The minimum atomic E-state index is -4.65. The molecule has 152 valence electrons. The summed E-state index contributed by atoms with van der Waals surface area (Å²) >= 11 is 0.404. The molecule has 28 heavy (non-hydrogen) atoms. The maximum atomic E-state index is 13.1. The van der Waals surface area contributed by atoms with Crippen molar-refractivity contribution in [3.8, 4) is 0 Å². The summed E-state index contributed by atoms with van der Waals surface area (Å²) in [5.74, 6) is -1.06. The van der Waals surface area contributed by atoms with E-state index in [2.05, 4.69) is 14.8 Å². The summed E-state index contributed by atoms with van der Waals surface area (Å²) in [4.78, 5) is 31.1. The first-order valence-corrected chi connectivity index (χ1v) is 9.20. The first kappa shape index (κ1) is 20.1. The zero-order chi connectivity index (χ0) is 20.5. The van der Waals surface area contributed by atoms with Gasteiger partial charge in [0, 0.05) is 38.1 Å². The molecule has 1 aliphatic heterocycles. The Hall–Kier alpha value is -2.63. The zero-order valence-corrected chi connectivity index (χ0v) is 16.0. The Labute approximate surface area is 162 Å². The van der Waals surface area contributed by atoms with E-state index in [1.807, 2.05) is 0 Å². The lowest BCUT2D eigenvalue weighted by Gasteiger charge is -2.40. The number of aromatic nitrogens is 3. The van der Waals surface area contributed by atoms with E-state index in [9.17, 15) is 22.8 Å². The molecule has 2 aromatic rings. The maximum Gasteiger partial charge on any atom is 0.443 e. The van der Waals surface area contributed by atoms with E-state index >= 15 is 0 Å². The fourth-order valence-electron chi connectivity index (χ4n) is 3.01. The van der Waals surface area contributed by atoms with Crippen LogP contribution in [0, 0.1) is 0 Å². The molecule has 0 radical (unpaired) electrons. The highest BCUT2D eigenvalue weighted by Gasteiger charge is 2.39. The van der Waals surface area contributed by atoms with E-state index in [1.54, 1.807) is 35.2 Å². The average Bonchev–Trinajstić information content (AvgIpc) is 3.30. The first-order chi connectivity index (χ1) is 13.2. The van der Waals surface area contributed by atoms with Gasteiger partial charge in [-0.15, -0.1) is 0 Å². The number of amides is 1. The lowest BCUT2D eigenvalue weighted by atomic mass is 10.2. The molecule has 1 aliphatic rings. The quantitative estimate of drug-likeness (QED) is 0.707. The molecule has 1 amide bonds. The Bertz CT molecular complexity index is 852. The van der Waals surface area contributed by atoms with E-state index in [1.165, 1.54) is 4.68 Å². The first-order valence-electron chi connectivity index (χ1n) is 8.39. The molecular weight excluding hydrogens is 399 g/mol. The van der Waals surface area contributed by atoms with Gasteiger partial charge in [-0.3, -0.25) is 9.48 Å². The predicted molar refractivity (Wildman–Crippen MR) is 94.1 cm³/mol. The highest BCUT2D eigenvalue weighted by atomic mass is 32.1. The van der Waals surface area contributed by atoms with Crippen LogP contribution >= 0.6 is 11.3 Å². The van der Waals surface area contributed by atoms with Gasteiger partial charge >= 0.3 is 12.1 Å². The van der Waals surface area contributed by atoms with Crippen LogP contribution in [0.15, 0.2) is 18.5 Å². The van der Waals surface area contributed by atoms with Crippen LogP contribution in [0.4, 0.5) is 18.2 Å². The van der Waals surface area contributed by atoms with Crippen LogP contribution in [-0.2, 0) is 22.3 Å². The number of carbonyl (C=O) groups is 2. The third-order valence-corrected chi connectivity index (χ3v) is 5.48. The Morgan fingerprint density at radius 3 is 2.68 bits per heavy atom. The number of methoxy groups -OCH3 is 1. The van der Waals surface area contributed by atoms with Crippen molar-refractivity contribution in [2.75, 3.05) is 31.6 Å². The Balaban J connectivity index is 1.77. The standard InChI is InChI=1S/C16H18F3N5O3S/c1-10-8-22(6-7-24(10)11(25)9-23-5-3-4-20-23)13-12(14(26)27-2)21-15(28-13)16(17,18)19/h3-5,10H,6-9H2,1-2H3. The lowest BCUT2D eigenvalue weighted by Crippen LogP contribution is -2.54. The van der Waals surface area contributed by atoms with Crippen LogP contribution in [0.2, 0.25) is 0 Å². The molecular formula is C16H18F3N5O3S. The van der Waals surface area contributed by atoms with Crippen molar-refractivity contribution in [2.24, 2.45) is 0 Å². The predicted octanol–water partition coefficient (Wildman–Crippen LogP) is 1.88. The number of alkyl halides is 3. The second kappa shape index (κ2) is 7.78. The number of hydrogen-bond acceptors (Lipinski definition) is 7. The number of halogens is 3. The van der Waals surface area contributed by atoms with Crippen molar-refractivity contribution >= 4 is 28.2 Å². The highest BCUT2D eigenvalue weighted by molar-refractivity contribution is 7.16. The average molecular weight is 417 g/mol. The Kier molecular flexibility index (Phi) is 5.59. The summed E-state index contributed by atoms with van der Waals surface area (Å²) in [6.07, 6.45) is -1.40. The van der Waals surface area contributed by atoms with Gasteiger partial charge < -0.3 is 14.5 Å². The maximum absolute atomic E-state index is 13.1. The molecule has 1 atom stereocenters. The van der Waals surface area contributed by atoms with Gasteiger partial charge in [-0.05, 0) is 13.0 Å². The lowest BCUT2D eigenvalue weighted by molar-refractivity contribution is -0.137. The number of ether oxygens (including phenoxy) is 1. The molecule has 1 saturated heterocycles. The number of esters is 1. The molecule has 0 bridgehead atoms. The van der Waals surface area contributed by atoms with Crippen LogP contribution < -0.4 is 4.90 Å². The molecule has 0 aliphatic carbocycles. The molecule has 0 saturated carbocycles. The van der Waals surface area contributed by atoms with Crippen LogP contribution in [0.25, 0.3) is 0 Å². The molecule has 0 spiro atoms. The SMILES string of the molecule is COC(=O)c1nc(C(F)(F)F)sc1N1CCN(C(=O)Cn2cccn2)C(C)C1. The number of thiazole rings is 1. The molecule has 3 rings (SSSR count). The van der Waals surface area contributed by atoms with Gasteiger partial charge in [0.2, 0.25) is 10.9 Å². The second-order valence-electron chi connectivity index (χ2n) is 6.25. The summed E-state index contributed by atoms with van der Waals surface area (Å²) < 4.78 is 45.3. The largest absolute Gasteiger partial charge is 0.464 e. The van der Waals surface area contributed by atoms with E-state index in [0.717, 1.165) is 7.11 Å². The fraction of sp³-hybridized carbons (Fsp3) is 0.500.